The lowest BCUT2D eigenvalue weighted by Crippen LogP contribution is -1.97. The molecule has 2 heterocycles. The summed E-state index contributed by atoms with van der Waals surface area (Å²) in [6.07, 6.45) is 0. The van der Waals surface area contributed by atoms with Gasteiger partial charge in [-0.1, -0.05) is 11.6 Å². The smallest absolute Gasteiger partial charge is 0.257 e. The second kappa shape index (κ2) is 4.59. The van der Waals surface area contributed by atoms with Gasteiger partial charge in [-0.15, -0.1) is 0 Å². The average molecular weight is 279 g/mol. The zero-order valence-corrected chi connectivity index (χ0v) is 11.2. The maximum absolute atomic E-state index is 6.01. The van der Waals surface area contributed by atoms with Crippen LogP contribution in [0.3, 0.4) is 0 Å². The summed E-state index contributed by atoms with van der Waals surface area (Å²) >= 11 is 6.01. The molecule has 19 heavy (non-hydrogen) atoms. The van der Waals surface area contributed by atoms with Crippen LogP contribution >= 0.6 is 11.6 Å². The Bertz CT molecular complexity index is 646. The van der Waals surface area contributed by atoms with Gasteiger partial charge in [0, 0.05) is 6.07 Å². The Hall–Kier alpha value is -2.01. The monoisotopic (exact) mass is 278 g/mol. The maximum Gasteiger partial charge on any atom is 0.257 e. The highest BCUT2D eigenvalue weighted by molar-refractivity contribution is 6.30. The van der Waals surface area contributed by atoms with E-state index >= 15 is 0 Å². The minimum absolute atomic E-state index is 0.225. The molecule has 0 atom stereocenters. The quantitative estimate of drug-likeness (QED) is 0.844. The number of hydrogen-bond acceptors (Lipinski definition) is 5. The zero-order valence-electron chi connectivity index (χ0n) is 10.4. The average Bonchev–Trinajstić information content (AvgIpc) is 2.83. The molecule has 0 spiro atoms. The fraction of sp³-hybridized carbons (Fsp3) is 0.231. The van der Waals surface area contributed by atoms with Crippen molar-refractivity contribution in [3.63, 3.8) is 0 Å². The van der Waals surface area contributed by atoms with Crippen LogP contribution in [0, 0.1) is 13.8 Å². The van der Waals surface area contributed by atoms with Crippen molar-refractivity contribution in [1.82, 2.24) is 9.97 Å². The number of fused-ring (bicyclic) bond motifs is 1. The van der Waals surface area contributed by atoms with Crippen molar-refractivity contribution in [3.05, 3.63) is 34.7 Å². The Labute approximate surface area is 115 Å². The summed E-state index contributed by atoms with van der Waals surface area (Å²) in [5.41, 5.74) is 1.56. The van der Waals surface area contributed by atoms with Crippen molar-refractivity contribution < 1.29 is 14.2 Å². The van der Waals surface area contributed by atoms with E-state index in [4.69, 9.17) is 25.8 Å². The Balaban J connectivity index is 1.91. The molecule has 0 amide bonds. The van der Waals surface area contributed by atoms with Crippen LogP contribution in [0.25, 0.3) is 0 Å². The van der Waals surface area contributed by atoms with Crippen LogP contribution < -0.4 is 14.2 Å². The Morgan fingerprint density at radius 3 is 2.68 bits per heavy atom. The summed E-state index contributed by atoms with van der Waals surface area (Å²) < 4.78 is 16.1. The predicted molar refractivity (Wildman–Crippen MR) is 69.2 cm³/mol. The molecule has 98 valence electrons. The molecule has 0 fully saturated rings. The molecule has 0 saturated heterocycles. The lowest BCUT2D eigenvalue weighted by molar-refractivity contribution is 0.174. The molecule has 1 aromatic heterocycles. The summed E-state index contributed by atoms with van der Waals surface area (Å²) in [5, 5.41) is 0.237. The number of hydrogen-bond donors (Lipinski definition) is 0. The molecular weight excluding hydrogens is 268 g/mol. The van der Waals surface area contributed by atoms with Gasteiger partial charge in [0.15, 0.2) is 16.7 Å². The second-order valence-electron chi connectivity index (χ2n) is 4.11. The molecule has 2 aromatic rings. The summed E-state index contributed by atoms with van der Waals surface area (Å²) in [7, 11) is 0. The third-order valence-electron chi connectivity index (χ3n) is 2.79. The van der Waals surface area contributed by atoms with Crippen LogP contribution in [0.2, 0.25) is 5.15 Å². The molecule has 6 heteroatoms. The van der Waals surface area contributed by atoms with Crippen molar-refractivity contribution in [1.29, 1.82) is 0 Å². The molecule has 0 N–H and O–H groups in total. The summed E-state index contributed by atoms with van der Waals surface area (Å²) in [4.78, 5) is 8.44. The normalized spacial score (nSPS) is 12.6. The van der Waals surface area contributed by atoms with Crippen LogP contribution in [-0.2, 0) is 0 Å². The number of benzene rings is 1. The summed E-state index contributed by atoms with van der Waals surface area (Å²) in [6.45, 7) is 3.92. The predicted octanol–water partition coefficient (Wildman–Crippen LogP) is 3.27. The van der Waals surface area contributed by atoms with E-state index in [1.165, 1.54) is 0 Å². The van der Waals surface area contributed by atoms with Gasteiger partial charge in [0.05, 0.1) is 11.4 Å². The SMILES string of the molecule is Cc1nc(Cl)c(Oc2ccc3c(c2)OCO3)nc1C. The van der Waals surface area contributed by atoms with E-state index in [0.717, 1.165) is 11.4 Å². The Morgan fingerprint density at radius 2 is 1.84 bits per heavy atom. The van der Waals surface area contributed by atoms with Gasteiger partial charge in [0.2, 0.25) is 6.79 Å². The number of aromatic nitrogens is 2. The first kappa shape index (κ1) is 12.0. The highest BCUT2D eigenvalue weighted by atomic mass is 35.5. The molecule has 1 aliphatic rings. The van der Waals surface area contributed by atoms with Crippen LogP contribution in [0.15, 0.2) is 18.2 Å². The molecule has 0 bridgehead atoms. The van der Waals surface area contributed by atoms with Gasteiger partial charge in [-0.3, -0.25) is 0 Å². The van der Waals surface area contributed by atoms with E-state index in [-0.39, 0.29) is 17.8 Å². The van der Waals surface area contributed by atoms with Gasteiger partial charge in [0.1, 0.15) is 5.75 Å². The van der Waals surface area contributed by atoms with Crippen LogP contribution in [0.1, 0.15) is 11.4 Å². The molecular formula is C13H11ClN2O3. The molecule has 1 aromatic carbocycles. The van der Waals surface area contributed by atoms with Gasteiger partial charge < -0.3 is 14.2 Å². The van der Waals surface area contributed by atoms with Crippen molar-refractivity contribution in [2.24, 2.45) is 0 Å². The number of ether oxygens (including phenoxy) is 3. The highest BCUT2D eigenvalue weighted by Crippen LogP contribution is 2.37. The number of nitrogens with zero attached hydrogens (tertiary/aromatic N) is 2. The molecule has 5 nitrogen and oxygen atoms in total. The van der Waals surface area contributed by atoms with E-state index in [0.29, 0.717) is 17.2 Å². The summed E-state index contributed by atoms with van der Waals surface area (Å²) in [5.74, 6) is 2.20. The number of rotatable bonds is 2. The molecule has 0 aliphatic carbocycles. The first-order valence-corrected chi connectivity index (χ1v) is 6.09. The van der Waals surface area contributed by atoms with E-state index in [9.17, 15) is 0 Å². The number of aryl methyl sites for hydroxylation is 2. The lowest BCUT2D eigenvalue weighted by Gasteiger charge is -2.08. The second-order valence-corrected chi connectivity index (χ2v) is 4.47. The van der Waals surface area contributed by atoms with Gasteiger partial charge in [-0.25, -0.2) is 9.97 Å². The van der Waals surface area contributed by atoms with E-state index < -0.39 is 0 Å². The maximum atomic E-state index is 6.01. The highest BCUT2D eigenvalue weighted by Gasteiger charge is 2.15. The van der Waals surface area contributed by atoms with Crippen LogP contribution in [0.4, 0.5) is 0 Å². The molecule has 0 saturated carbocycles. The largest absolute Gasteiger partial charge is 0.454 e. The standard InChI is InChI=1S/C13H11ClN2O3/c1-7-8(2)16-13(12(14)15-7)19-9-3-4-10-11(5-9)18-6-17-10/h3-5H,6H2,1-2H3. The third-order valence-corrected chi connectivity index (χ3v) is 3.04. The van der Waals surface area contributed by atoms with Crippen molar-refractivity contribution in [2.75, 3.05) is 6.79 Å². The van der Waals surface area contributed by atoms with E-state index in [1.54, 1.807) is 18.2 Å². The molecule has 1 aliphatic heterocycles. The minimum Gasteiger partial charge on any atom is -0.454 e. The Morgan fingerprint density at radius 1 is 1.11 bits per heavy atom. The Kier molecular flexibility index (Phi) is 2.91. The first-order valence-electron chi connectivity index (χ1n) is 5.72. The first-order chi connectivity index (χ1) is 9.13. The third kappa shape index (κ3) is 2.29. The molecule has 3 rings (SSSR count). The van der Waals surface area contributed by atoms with Crippen LogP contribution in [-0.4, -0.2) is 16.8 Å². The number of halogens is 1. The molecule has 0 unspecified atom stereocenters. The van der Waals surface area contributed by atoms with Crippen LogP contribution in [0.5, 0.6) is 23.1 Å². The molecule has 0 radical (unpaired) electrons. The lowest BCUT2D eigenvalue weighted by atomic mass is 10.3. The van der Waals surface area contributed by atoms with E-state index in [2.05, 4.69) is 9.97 Å². The summed E-state index contributed by atoms with van der Waals surface area (Å²) in [6, 6.07) is 5.27. The zero-order chi connectivity index (χ0) is 13.4. The fourth-order valence-electron chi connectivity index (χ4n) is 1.67. The minimum atomic E-state index is 0.225. The van der Waals surface area contributed by atoms with Crippen molar-refractivity contribution in [2.45, 2.75) is 13.8 Å². The van der Waals surface area contributed by atoms with Gasteiger partial charge in [-0.2, -0.15) is 0 Å². The van der Waals surface area contributed by atoms with Gasteiger partial charge >= 0.3 is 0 Å². The fourth-order valence-corrected chi connectivity index (χ4v) is 1.88. The van der Waals surface area contributed by atoms with Gasteiger partial charge in [-0.05, 0) is 26.0 Å². The van der Waals surface area contributed by atoms with Gasteiger partial charge in [0.25, 0.3) is 5.88 Å². The van der Waals surface area contributed by atoms with Crippen molar-refractivity contribution >= 4 is 11.6 Å². The van der Waals surface area contributed by atoms with E-state index in [1.807, 2.05) is 13.8 Å². The topological polar surface area (TPSA) is 53.5 Å². The van der Waals surface area contributed by atoms with Crippen molar-refractivity contribution in [3.8, 4) is 23.1 Å².